The number of oxime groups is 3. The fourth-order valence-corrected chi connectivity index (χ4v) is 3.71. The molecule has 0 unspecified atom stereocenters. The van der Waals surface area contributed by atoms with Crippen molar-refractivity contribution in [1.29, 1.82) is 0 Å². The van der Waals surface area contributed by atoms with Crippen molar-refractivity contribution in [3.8, 4) is 5.75 Å². The fourth-order valence-electron chi connectivity index (χ4n) is 3.71. The first-order chi connectivity index (χ1) is 20.2. The molecule has 12 heteroatoms. The summed E-state index contributed by atoms with van der Waals surface area (Å²) >= 11 is 0. The number of carbonyl (C=O) groups excluding carboxylic acids is 1. The third-order valence-electron chi connectivity index (χ3n) is 5.73. The lowest BCUT2D eigenvalue weighted by molar-refractivity contribution is -0.137. The summed E-state index contributed by atoms with van der Waals surface area (Å²) in [5, 5.41) is 14.7. The zero-order valence-electron chi connectivity index (χ0n) is 23.6. The highest BCUT2D eigenvalue weighted by Crippen LogP contribution is 2.29. The van der Waals surface area contributed by atoms with E-state index in [0.717, 1.165) is 12.1 Å². The van der Waals surface area contributed by atoms with Crippen molar-refractivity contribution in [3.05, 3.63) is 101 Å². The molecule has 1 N–H and O–H groups in total. The largest absolute Gasteiger partial charge is 0.489 e. The molecule has 9 nitrogen and oxygen atoms in total. The number of hydrogen-bond donors (Lipinski definition) is 1. The topological polar surface area (TPSA) is 103 Å². The van der Waals surface area contributed by atoms with Gasteiger partial charge in [0.2, 0.25) is 0 Å². The summed E-state index contributed by atoms with van der Waals surface area (Å²) in [6, 6.07) is 18.8. The van der Waals surface area contributed by atoms with Gasteiger partial charge < -0.3 is 24.6 Å². The molecule has 0 aliphatic carbocycles. The summed E-state index contributed by atoms with van der Waals surface area (Å²) in [4.78, 5) is 28.0. The van der Waals surface area contributed by atoms with Gasteiger partial charge in [-0.3, -0.25) is 4.79 Å². The Balaban J connectivity index is 1.73. The first kappa shape index (κ1) is 31.7. The third kappa shape index (κ3) is 8.82. The Kier molecular flexibility index (Phi) is 11.5. The maximum atomic E-state index is 13.0. The van der Waals surface area contributed by atoms with Crippen molar-refractivity contribution < 1.29 is 37.2 Å². The number of hydrogen-bond acceptors (Lipinski definition) is 8. The van der Waals surface area contributed by atoms with E-state index in [2.05, 4.69) is 20.8 Å². The summed E-state index contributed by atoms with van der Waals surface area (Å²) in [6.07, 6.45) is -4.42. The molecule has 0 heterocycles. The zero-order chi connectivity index (χ0) is 30.5. The fraction of sp³-hybridized carbons (Fsp3) is 0.267. The molecule has 3 aromatic rings. The molecule has 0 radical (unpaired) electrons. The molecule has 0 aliphatic heterocycles. The number of likely N-dealkylation sites (N-methyl/N-ethyl adjacent to an activating group) is 1. The molecule has 0 aliphatic rings. The quantitative estimate of drug-likeness (QED) is 0.205. The van der Waals surface area contributed by atoms with Crippen molar-refractivity contribution in [1.82, 2.24) is 5.32 Å². The number of halogens is 3. The highest BCUT2D eigenvalue weighted by molar-refractivity contribution is 6.47. The van der Waals surface area contributed by atoms with Crippen molar-refractivity contribution in [2.24, 2.45) is 15.5 Å². The number of benzene rings is 3. The van der Waals surface area contributed by atoms with Crippen molar-refractivity contribution >= 4 is 23.0 Å². The monoisotopic (exact) mass is 584 g/mol. The highest BCUT2D eigenvalue weighted by atomic mass is 19.4. The van der Waals surface area contributed by atoms with Crippen LogP contribution in [0.3, 0.4) is 0 Å². The minimum absolute atomic E-state index is 0.0253. The van der Waals surface area contributed by atoms with Gasteiger partial charge in [-0.1, -0.05) is 51.9 Å². The molecular formula is C30H31F3N4O5. The second kappa shape index (κ2) is 15.2. The molecule has 0 saturated heterocycles. The first-order valence-corrected chi connectivity index (χ1v) is 12.9. The SMILES string of the molecule is CCO/N=C(/C(C)=NOCc1ccccc1C(=NOC)C(=O)NC)c1ccc(OCc2cccc(C(F)(F)F)c2)cc1. The van der Waals surface area contributed by atoms with Gasteiger partial charge in [0.25, 0.3) is 5.91 Å². The molecule has 0 spiro atoms. The Morgan fingerprint density at radius 1 is 0.881 bits per heavy atom. The van der Waals surface area contributed by atoms with Gasteiger partial charge >= 0.3 is 6.18 Å². The van der Waals surface area contributed by atoms with Crippen LogP contribution < -0.4 is 10.1 Å². The maximum Gasteiger partial charge on any atom is 0.416 e. The molecule has 42 heavy (non-hydrogen) atoms. The van der Waals surface area contributed by atoms with Crippen LogP contribution >= 0.6 is 0 Å². The van der Waals surface area contributed by atoms with E-state index in [4.69, 9.17) is 19.2 Å². The first-order valence-electron chi connectivity index (χ1n) is 12.9. The van der Waals surface area contributed by atoms with Crippen LogP contribution in [0.5, 0.6) is 5.75 Å². The summed E-state index contributed by atoms with van der Waals surface area (Å²) in [7, 11) is 2.85. The second-order valence-corrected chi connectivity index (χ2v) is 8.68. The second-order valence-electron chi connectivity index (χ2n) is 8.68. The Morgan fingerprint density at radius 3 is 2.29 bits per heavy atom. The number of ether oxygens (including phenoxy) is 1. The van der Waals surface area contributed by atoms with Crippen LogP contribution in [0.2, 0.25) is 0 Å². The molecule has 0 fully saturated rings. The van der Waals surface area contributed by atoms with Crippen molar-refractivity contribution in [2.75, 3.05) is 20.8 Å². The van der Waals surface area contributed by atoms with Gasteiger partial charge in [0, 0.05) is 23.7 Å². The minimum atomic E-state index is -4.42. The molecule has 0 saturated carbocycles. The summed E-state index contributed by atoms with van der Waals surface area (Å²) < 4.78 is 44.6. The van der Waals surface area contributed by atoms with Gasteiger partial charge in [0.05, 0.1) is 5.56 Å². The van der Waals surface area contributed by atoms with E-state index in [1.165, 1.54) is 20.2 Å². The third-order valence-corrected chi connectivity index (χ3v) is 5.73. The van der Waals surface area contributed by atoms with Gasteiger partial charge in [-0.2, -0.15) is 13.2 Å². The average molecular weight is 585 g/mol. The molecule has 3 rings (SSSR count). The molecule has 1 amide bonds. The predicted octanol–water partition coefficient (Wildman–Crippen LogP) is 5.71. The van der Waals surface area contributed by atoms with Gasteiger partial charge in [-0.25, -0.2) is 0 Å². The number of carbonyl (C=O) groups is 1. The number of nitrogens with zero attached hydrogens (tertiary/aromatic N) is 3. The molecule has 0 aromatic heterocycles. The van der Waals surface area contributed by atoms with Gasteiger partial charge in [0.1, 0.15) is 44.1 Å². The van der Waals surface area contributed by atoms with Crippen LogP contribution in [-0.2, 0) is 38.7 Å². The Bertz CT molecular complexity index is 1440. The Labute approximate surface area is 241 Å². The van der Waals surface area contributed by atoms with E-state index in [0.29, 0.717) is 46.0 Å². The lowest BCUT2D eigenvalue weighted by atomic mass is 10.0. The number of amides is 1. The van der Waals surface area contributed by atoms with Crippen LogP contribution in [0, 0.1) is 0 Å². The highest BCUT2D eigenvalue weighted by Gasteiger charge is 2.30. The van der Waals surface area contributed by atoms with Gasteiger partial charge in [-0.15, -0.1) is 0 Å². The van der Waals surface area contributed by atoms with E-state index in [-0.39, 0.29) is 18.9 Å². The molecule has 0 bridgehead atoms. The maximum absolute atomic E-state index is 13.0. The number of nitrogens with one attached hydrogen (secondary N) is 1. The summed E-state index contributed by atoms with van der Waals surface area (Å²) in [5.74, 6) is 0.0383. The molecule has 222 valence electrons. The van der Waals surface area contributed by atoms with E-state index in [9.17, 15) is 18.0 Å². The van der Waals surface area contributed by atoms with Crippen LogP contribution in [-0.4, -0.2) is 43.8 Å². The Hall–Kier alpha value is -4.87. The van der Waals surface area contributed by atoms with E-state index < -0.39 is 17.6 Å². The van der Waals surface area contributed by atoms with Gasteiger partial charge in [-0.05, 0) is 55.8 Å². The summed E-state index contributed by atoms with van der Waals surface area (Å²) in [5.41, 5.74) is 2.39. The molecule has 3 aromatic carbocycles. The zero-order valence-corrected chi connectivity index (χ0v) is 23.6. The van der Waals surface area contributed by atoms with Crippen LogP contribution in [0.4, 0.5) is 13.2 Å². The number of alkyl halides is 3. The summed E-state index contributed by atoms with van der Waals surface area (Å²) in [6.45, 7) is 3.80. The van der Waals surface area contributed by atoms with Crippen molar-refractivity contribution in [2.45, 2.75) is 33.2 Å². The lowest BCUT2D eigenvalue weighted by Gasteiger charge is -2.12. The normalized spacial score (nSPS) is 12.5. The lowest BCUT2D eigenvalue weighted by Crippen LogP contribution is -2.29. The van der Waals surface area contributed by atoms with Crippen molar-refractivity contribution in [3.63, 3.8) is 0 Å². The van der Waals surface area contributed by atoms with Crippen LogP contribution in [0.1, 0.15) is 41.7 Å². The Morgan fingerprint density at radius 2 is 1.62 bits per heavy atom. The van der Waals surface area contributed by atoms with E-state index in [1.54, 1.807) is 68.4 Å². The molecular weight excluding hydrogens is 553 g/mol. The van der Waals surface area contributed by atoms with E-state index >= 15 is 0 Å². The molecule has 0 atom stereocenters. The smallest absolute Gasteiger partial charge is 0.416 e. The average Bonchev–Trinajstić information content (AvgIpc) is 2.99. The number of rotatable bonds is 13. The predicted molar refractivity (Wildman–Crippen MR) is 152 cm³/mol. The van der Waals surface area contributed by atoms with E-state index in [1.807, 2.05) is 0 Å². The van der Waals surface area contributed by atoms with Gasteiger partial charge in [0.15, 0.2) is 5.71 Å². The van der Waals surface area contributed by atoms with Crippen LogP contribution in [0.15, 0.2) is 88.3 Å². The van der Waals surface area contributed by atoms with Crippen LogP contribution in [0.25, 0.3) is 0 Å². The standard InChI is InChI=1S/C30H31F3N4O5/c1-5-41-37-27(20(2)35-42-19-23-10-6-7-12-26(23)28(36-39-4)29(38)34-3)22-13-15-25(16-14-22)40-18-21-9-8-11-24(17-21)30(31,32)33/h6-17H,5,18-19H2,1-4H3,(H,34,38)/b35-20?,36-28?,37-27-. The minimum Gasteiger partial charge on any atom is -0.489 e.